The lowest BCUT2D eigenvalue weighted by atomic mass is 9.92. The molecule has 0 bridgehead atoms. The number of carbonyl (C=O) groups is 1. The van der Waals surface area contributed by atoms with Gasteiger partial charge >= 0.3 is 5.97 Å². The maximum absolute atomic E-state index is 12.2. The van der Waals surface area contributed by atoms with Crippen molar-refractivity contribution in [2.45, 2.75) is 19.4 Å². The van der Waals surface area contributed by atoms with Crippen molar-refractivity contribution in [1.29, 1.82) is 0 Å². The first kappa shape index (κ1) is 15.5. The van der Waals surface area contributed by atoms with Crippen molar-refractivity contribution in [1.82, 2.24) is 5.32 Å². The summed E-state index contributed by atoms with van der Waals surface area (Å²) < 4.78 is 10.1. The molecular weight excluding hydrogens is 246 g/mol. The number of carbonyl (C=O) groups excluding carboxylic acids is 1. The van der Waals surface area contributed by atoms with Crippen molar-refractivity contribution in [3.63, 3.8) is 0 Å². The number of aromatic hydroxyl groups is 1. The van der Waals surface area contributed by atoms with E-state index in [1.165, 1.54) is 0 Å². The van der Waals surface area contributed by atoms with Crippen molar-refractivity contribution in [3.8, 4) is 5.75 Å². The summed E-state index contributed by atoms with van der Waals surface area (Å²) in [6.45, 7) is 4.86. The molecule has 1 atom stereocenters. The molecule has 0 spiro atoms. The van der Waals surface area contributed by atoms with Crippen LogP contribution in [0.2, 0.25) is 0 Å². The maximum Gasteiger partial charge on any atom is 0.330 e. The topological polar surface area (TPSA) is 67.8 Å². The van der Waals surface area contributed by atoms with Gasteiger partial charge in [0.1, 0.15) is 11.3 Å². The molecule has 0 saturated heterocycles. The monoisotopic (exact) mass is 267 g/mol. The summed E-state index contributed by atoms with van der Waals surface area (Å²) >= 11 is 0. The second-order valence-corrected chi connectivity index (χ2v) is 4.31. The Balaban J connectivity index is 2.96. The minimum Gasteiger partial charge on any atom is -0.508 e. The molecule has 1 unspecified atom stereocenters. The number of benzene rings is 1. The lowest BCUT2D eigenvalue weighted by Crippen LogP contribution is -2.48. The van der Waals surface area contributed by atoms with Crippen LogP contribution in [0.25, 0.3) is 0 Å². The summed E-state index contributed by atoms with van der Waals surface area (Å²) in [5.74, 6) is -0.191. The minimum atomic E-state index is -0.956. The van der Waals surface area contributed by atoms with Crippen molar-refractivity contribution in [3.05, 3.63) is 29.8 Å². The first-order valence-electron chi connectivity index (χ1n) is 6.25. The van der Waals surface area contributed by atoms with Crippen molar-refractivity contribution < 1.29 is 19.4 Å². The van der Waals surface area contributed by atoms with Crippen LogP contribution in [-0.4, -0.2) is 37.9 Å². The molecular formula is C14H21NO4. The summed E-state index contributed by atoms with van der Waals surface area (Å²) in [5, 5.41) is 12.5. The number of nitrogens with one attached hydrogen (secondary N) is 1. The molecule has 1 aromatic carbocycles. The number of phenols is 1. The Morgan fingerprint density at radius 1 is 1.37 bits per heavy atom. The van der Waals surface area contributed by atoms with Gasteiger partial charge in [0, 0.05) is 13.7 Å². The second kappa shape index (κ2) is 7.11. The van der Waals surface area contributed by atoms with Gasteiger partial charge in [-0.15, -0.1) is 0 Å². The highest BCUT2D eigenvalue weighted by Crippen LogP contribution is 2.24. The third kappa shape index (κ3) is 3.94. The number of hydrogen-bond acceptors (Lipinski definition) is 5. The van der Waals surface area contributed by atoms with Crippen molar-refractivity contribution in [2.75, 3.05) is 26.9 Å². The largest absolute Gasteiger partial charge is 0.508 e. The van der Waals surface area contributed by atoms with Gasteiger partial charge in [0.15, 0.2) is 0 Å². The van der Waals surface area contributed by atoms with Gasteiger partial charge in [-0.3, -0.25) is 5.32 Å². The molecule has 5 nitrogen and oxygen atoms in total. The Morgan fingerprint density at radius 3 is 2.53 bits per heavy atom. The smallest absolute Gasteiger partial charge is 0.330 e. The highest BCUT2D eigenvalue weighted by atomic mass is 16.5. The Labute approximate surface area is 113 Å². The van der Waals surface area contributed by atoms with Crippen LogP contribution in [0.1, 0.15) is 19.4 Å². The summed E-state index contributed by atoms with van der Waals surface area (Å²) in [4.78, 5) is 12.2. The van der Waals surface area contributed by atoms with Crippen LogP contribution in [0.4, 0.5) is 0 Å². The molecule has 0 aliphatic carbocycles. The van der Waals surface area contributed by atoms with Crippen LogP contribution in [0, 0.1) is 0 Å². The van der Waals surface area contributed by atoms with E-state index in [1.807, 2.05) is 0 Å². The van der Waals surface area contributed by atoms with E-state index < -0.39 is 5.54 Å². The Kier molecular flexibility index (Phi) is 5.79. The van der Waals surface area contributed by atoms with E-state index in [2.05, 4.69) is 5.32 Å². The number of ether oxygens (including phenoxy) is 2. The first-order chi connectivity index (χ1) is 9.04. The van der Waals surface area contributed by atoms with Gasteiger partial charge in [-0.25, -0.2) is 4.79 Å². The molecule has 2 N–H and O–H groups in total. The molecule has 0 aliphatic heterocycles. The Morgan fingerprint density at radius 2 is 2.00 bits per heavy atom. The molecule has 1 aromatic rings. The number of esters is 1. The fraction of sp³-hybridized carbons (Fsp3) is 0.500. The van der Waals surface area contributed by atoms with Crippen LogP contribution in [0.3, 0.4) is 0 Å². The van der Waals surface area contributed by atoms with Gasteiger partial charge in [0.2, 0.25) is 0 Å². The fourth-order valence-electron chi connectivity index (χ4n) is 1.77. The van der Waals surface area contributed by atoms with Crippen LogP contribution < -0.4 is 5.32 Å². The highest BCUT2D eigenvalue weighted by Gasteiger charge is 2.36. The fourth-order valence-corrected chi connectivity index (χ4v) is 1.77. The molecule has 0 amide bonds. The van der Waals surface area contributed by atoms with Crippen molar-refractivity contribution in [2.24, 2.45) is 0 Å². The molecule has 0 heterocycles. The van der Waals surface area contributed by atoms with Gasteiger partial charge in [-0.05, 0) is 31.5 Å². The molecule has 106 valence electrons. The van der Waals surface area contributed by atoms with Gasteiger partial charge in [-0.2, -0.15) is 0 Å². The third-order valence-electron chi connectivity index (χ3n) is 2.91. The molecule has 0 radical (unpaired) electrons. The van der Waals surface area contributed by atoms with Gasteiger partial charge in [0.05, 0.1) is 13.2 Å². The van der Waals surface area contributed by atoms with E-state index >= 15 is 0 Å². The normalized spacial score (nSPS) is 13.8. The van der Waals surface area contributed by atoms with Gasteiger partial charge in [0.25, 0.3) is 0 Å². The van der Waals surface area contributed by atoms with Crippen molar-refractivity contribution >= 4 is 5.97 Å². The second-order valence-electron chi connectivity index (χ2n) is 4.31. The quantitative estimate of drug-likeness (QED) is 0.577. The summed E-state index contributed by atoms with van der Waals surface area (Å²) in [6.07, 6.45) is 0. The van der Waals surface area contributed by atoms with E-state index in [1.54, 1.807) is 45.2 Å². The minimum absolute atomic E-state index is 0.159. The molecule has 19 heavy (non-hydrogen) atoms. The average molecular weight is 267 g/mol. The van der Waals surface area contributed by atoms with Crippen LogP contribution in [-0.2, 0) is 19.8 Å². The number of hydrogen-bond donors (Lipinski definition) is 2. The summed E-state index contributed by atoms with van der Waals surface area (Å²) in [7, 11) is 1.60. The number of rotatable bonds is 7. The number of phenolic OH excluding ortho intramolecular Hbond substituents is 1. The number of methoxy groups -OCH3 is 1. The van der Waals surface area contributed by atoms with E-state index in [0.717, 1.165) is 5.56 Å². The Bertz CT molecular complexity index is 404. The zero-order valence-electron chi connectivity index (χ0n) is 11.6. The first-order valence-corrected chi connectivity index (χ1v) is 6.25. The lowest BCUT2D eigenvalue weighted by Gasteiger charge is -2.29. The zero-order chi connectivity index (χ0) is 14.3. The van der Waals surface area contributed by atoms with Crippen LogP contribution in [0.5, 0.6) is 5.75 Å². The predicted molar refractivity (Wildman–Crippen MR) is 72.0 cm³/mol. The van der Waals surface area contributed by atoms with E-state index in [0.29, 0.717) is 19.8 Å². The predicted octanol–water partition coefficient (Wildman–Crippen LogP) is 1.41. The zero-order valence-corrected chi connectivity index (χ0v) is 11.6. The maximum atomic E-state index is 12.2. The molecule has 0 aliphatic rings. The average Bonchev–Trinajstić information content (AvgIpc) is 2.39. The lowest BCUT2D eigenvalue weighted by molar-refractivity contribution is -0.151. The highest BCUT2D eigenvalue weighted by molar-refractivity contribution is 5.82. The van der Waals surface area contributed by atoms with E-state index in [-0.39, 0.29) is 11.7 Å². The summed E-state index contributed by atoms with van der Waals surface area (Å²) in [6, 6.07) is 6.49. The summed E-state index contributed by atoms with van der Waals surface area (Å²) in [5.41, 5.74) is -0.220. The SMILES string of the molecule is CCOC(=O)C(C)(NCCOC)c1ccc(O)cc1. The molecule has 1 rings (SSSR count). The molecule has 0 aromatic heterocycles. The molecule has 5 heteroatoms. The molecule has 0 saturated carbocycles. The third-order valence-corrected chi connectivity index (χ3v) is 2.91. The van der Waals surface area contributed by atoms with E-state index in [9.17, 15) is 9.90 Å². The van der Waals surface area contributed by atoms with Crippen LogP contribution >= 0.6 is 0 Å². The molecule has 0 fully saturated rings. The van der Waals surface area contributed by atoms with Gasteiger partial charge < -0.3 is 14.6 Å². The standard InChI is InChI=1S/C14H21NO4/c1-4-19-13(17)14(2,15-9-10-18-3)11-5-7-12(16)8-6-11/h5-8,15-16H,4,9-10H2,1-3H3. The van der Waals surface area contributed by atoms with E-state index in [4.69, 9.17) is 9.47 Å². The Hall–Kier alpha value is -1.59. The van der Waals surface area contributed by atoms with Gasteiger partial charge in [-0.1, -0.05) is 12.1 Å². The van der Waals surface area contributed by atoms with Crippen LogP contribution in [0.15, 0.2) is 24.3 Å².